The number of rotatable bonds is 4. The van der Waals surface area contributed by atoms with E-state index in [9.17, 15) is 9.59 Å². The summed E-state index contributed by atoms with van der Waals surface area (Å²) in [6.45, 7) is 1.40. The minimum Gasteiger partial charge on any atom is -0.449 e. The van der Waals surface area contributed by atoms with Gasteiger partial charge in [-0.3, -0.25) is 9.20 Å². The summed E-state index contributed by atoms with van der Waals surface area (Å²) >= 11 is 7.37. The Morgan fingerprint density at radius 2 is 2.37 bits per heavy atom. The molecule has 100 valence electrons. The molecule has 0 radical (unpaired) electrons. The third-order valence-corrected chi connectivity index (χ3v) is 3.36. The summed E-state index contributed by atoms with van der Waals surface area (Å²) in [6, 6.07) is 0. The van der Waals surface area contributed by atoms with Crippen LogP contribution in [0.3, 0.4) is 0 Å². The lowest BCUT2D eigenvalue weighted by Crippen LogP contribution is -2.29. The van der Waals surface area contributed by atoms with Crippen molar-refractivity contribution < 1.29 is 14.3 Å². The zero-order valence-electron chi connectivity index (χ0n) is 9.87. The van der Waals surface area contributed by atoms with E-state index in [1.807, 2.05) is 5.38 Å². The first-order chi connectivity index (χ1) is 8.99. The number of carbonyl (C=O) groups is 2. The number of esters is 1. The average molecular weight is 300 g/mol. The van der Waals surface area contributed by atoms with Crippen LogP contribution in [0.5, 0.6) is 0 Å². The number of fused-ring (bicyclic) bond motifs is 1. The Hall–Kier alpha value is -1.86. The summed E-state index contributed by atoms with van der Waals surface area (Å²) in [6.07, 6.45) is 3.47. The zero-order chi connectivity index (χ0) is 14.0. The highest BCUT2D eigenvalue weighted by Crippen LogP contribution is 2.22. The van der Waals surface area contributed by atoms with Crippen LogP contribution in [0.2, 0.25) is 5.15 Å². The van der Waals surface area contributed by atoms with E-state index in [2.05, 4.69) is 4.98 Å². The molecule has 1 amide bonds. The Morgan fingerprint density at radius 1 is 1.63 bits per heavy atom. The molecular weight excluding hydrogens is 290 g/mol. The molecule has 8 heteroatoms. The predicted molar refractivity (Wildman–Crippen MR) is 71.9 cm³/mol. The summed E-state index contributed by atoms with van der Waals surface area (Å²) in [5.74, 6) is -1.38. The number of imidazole rings is 1. The van der Waals surface area contributed by atoms with Crippen LogP contribution in [0.15, 0.2) is 17.7 Å². The van der Waals surface area contributed by atoms with Crippen molar-refractivity contribution in [2.45, 2.75) is 13.0 Å². The number of hydrogen-bond acceptors (Lipinski definition) is 5. The number of carbonyl (C=O) groups excluding carboxylic acids is 2. The second-order valence-corrected chi connectivity index (χ2v) is 4.89. The second-order valence-electron chi connectivity index (χ2n) is 3.66. The average Bonchev–Trinajstić information content (AvgIpc) is 2.87. The fraction of sp³-hybridized carbons (Fsp3) is 0.182. The van der Waals surface area contributed by atoms with Crippen molar-refractivity contribution >= 4 is 45.9 Å². The maximum Gasteiger partial charge on any atom is 0.331 e. The van der Waals surface area contributed by atoms with Gasteiger partial charge in [-0.2, -0.15) is 0 Å². The highest BCUT2D eigenvalue weighted by Gasteiger charge is 2.13. The van der Waals surface area contributed by atoms with E-state index < -0.39 is 18.0 Å². The summed E-state index contributed by atoms with van der Waals surface area (Å²) < 4.78 is 6.52. The van der Waals surface area contributed by atoms with Gasteiger partial charge in [-0.25, -0.2) is 9.78 Å². The van der Waals surface area contributed by atoms with Gasteiger partial charge < -0.3 is 10.5 Å². The third kappa shape index (κ3) is 2.94. The molecule has 2 aromatic heterocycles. The van der Waals surface area contributed by atoms with Crippen LogP contribution in [0.1, 0.15) is 12.6 Å². The minimum absolute atomic E-state index is 0.291. The number of ether oxygens (including phenoxy) is 1. The third-order valence-electron chi connectivity index (χ3n) is 2.33. The van der Waals surface area contributed by atoms with Crippen LogP contribution in [0, 0.1) is 0 Å². The van der Waals surface area contributed by atoms with Gasteiger partial charge in [0.1, 0.15) is 0 Å². The quantitative estimate of drug-likeness (QED) is 0.684. The normalized spacial score (nSPS) is 12.9. The smallest absolute Gasteiger partial charge is 0.331 e. The molecule has 0 saturated carbocycles. The van der Waals surface area contributed by atoms with E-state index in [1.165, 1.54) is 30.4 Å². The van der Waals surface area contributed by atoms with Crippen molar-refractivity contribution in [3.63, 3.8) is 0 Å². The van der Waals surface area contributed by atoms with Gasteiger partial charge in [-0.15, -0.1) is 11.3 Å². The molecule has 0 fully saturated rings. The number of thiazole rings is 1. The van der Waals surface area contributed by atoms with Crippen LogP contribution in [-0.4, -0.2) is 27.4 Å². The lowest BCUT2D eigenvalue weighted by Gasteiger charge is -2.06. The van der Waals surface area contributed by atoms with Gasteiger partial charge in [0.15, 0.2) is 16.2 Å². The first-order valence-corrected chi connectivity index (χ1v) is 6.54. The molecule has 19 heavy (non-hydrogen) atoms. The molecule has 0 spiro atoms. The fourth-order valence-corrected chi connectivity index (χ4v) is 2.35. The van der Waals surface area contributed by atoms with E-state index in [4.69, 9.17) is 22.1 Å². The van der Waals surface area contributed by atoms with Crippen molar-refractivity contribution in [2.24, 2.45) is 5.73 Å². The Bertz CT molecular complexity index is 661. The number of aromatic nitrogens is 2. The molecule has 0 aliphatic rings. The summed E-state index contributed by atoms with van der Waals surface area (Å²) in [5.41, 5.74) is 5.56. The maximum absolute atomic E-state index is 11.5. The number of nitrogens with zero attached hydrogens (tertiary/aromatic N) is 2. The molecule has 6 nitrogen and oxygen atoms in total. The number of hydrogen-bond donors (Lipinski definition) is 1. The number of primary amides is 1. The van der Waals surface area contributed by atoms with Crippen LogP contribution < -0.4 is 5.73 Å². The predicted octanol–water partition coefficient (Wildman–Crippen LogP) is 1.48. The van der Waals surface area contributed by atoms with E-state index in [0.717, 1.165) is 4.96 Å². The first-order valence-electron chi connectivity index (χ1n) is 5.28. The van der Waals surface area contributed by atoms with Crippen molar-refractivity contribution in [3.8, 4) is 0 Å². The first kappa shape index (κ1) is 13.6. The minimum atomic E-state index is -0.973. The Balaban J connectivity index is 2.14. The molecule has 2 N–H and O–H groups in total. The lowest BCUT2D eigenvalue weighted by atomic mass is 10.3. The van der Waals surface area contributed by atoms with E-state index in [0.29, 0.717) is 10.8 Å². The largest absolute Gasteiger partial charge is 0.449 e. The zero-order valence-corrected chi connectivity index (χ0v) is 11.4. The SMILES string of the molecule is C[C@@H](OC(=O)/C=C/c1c(Cl)nc2sccn12)C(N)=O. The molecule has 1 atom stereocenters. The summed E-state index contributed by atoms with van der Waals surface area (Å²) in [7, 11) is 0. The van der Waals surface area contributed by atoms with Gasteiger partial charge in [-0.1, -0.05) is 11.6 Å². The van der Waals surface area contributed by atoms with Gasteiger partial charge in [-0.05, 0) is 13.0 Å². The van der Waals surface area contributed by atoms with Crippen molar-refractivity contribution in [1.82, 2.24) is 9.38 Å². The molecule has 0 aliphatic heterocycles. The summed E-state index contributed by atoms with van der Waals surface area (Å²) in [4.78, 5) is 27.0. The fourth-order valence-electron chi connectivity index (χ4n) is 1.34. The maximum atomic E-state index is 11.5. The van der Waals surface area contributed by atoms with Gasteiger partial charge in [0, 0.05) is 17.7 Å². The van der Waals surface area contributed by atoms with Gasteiger partial charge in [0.25, 0.3) is 5.91 Å². The summed E-state index contributed by atoms with van der Waals surface area (Å²) in [5, 5.41) is 2.14. The van der Waals surface area contributed by atoms with Crippen LogP contribution in [-0.2, 0) is 14.3 Å². The van der Waals surface area contributed by atoms with Crippen LogP contribution in [0.4, 0.5) is 0 Å². The Morgan fingerprint density at radius 3 is 3.05 bits per heavy atom. The number of halogens is 1. The molecule has 0 aliphatic carbocycles. The molecular formula is C11H10ClN3O3S. The van der Waals surface area contributed by atoms with Crippen LogP contribution in [0.25, 0.3) is 11.0 Å². The second kappa shape index (κ2) is 5.41. The highest BCUT2D eigenvalue weighted by molar-refractivity contribution is 7.15. The Labute approximate surface area is 117 Å². The molecule has 2 aromatic rings. The number of nitrogens with two attached hydrogens (primary N) is 1. The van der Waals surface area contributed by atoms with Gasteiger partial charge in [0.05, 0.1) is 5.69 Å². The molecule has 0 saturated heterocycles. The van der Waals surface area contributed by atoms with Crippen LogP contribution >= 0.6 is 22.9 Å². The molecule has 2 rings (SSSR count). The highest BCUT2D eigenvalue weighted by atomic mass is 35.5. The molecule has 0 bridgehead atoms. The number of amides is 1. The van der Waals surface area contributed by atoms with E-state index in [-0.39, 0.29) is 0 Å². The van der Waals surface area contributed by atoms with E-state index in [1.54, 1.807) is 10.6 Å². The van der Waals surface area contributed by atoms with Crippen molar-refractivity contribution in [2.75, 3.05) is 0 Å². The van der Waals surface area contributed by atoms with Crippen molar-refractivity contribution in [1.29, 1.82) is 0 Å². The van der Waals surface area contributed by atoms with Crippen molar-refractivity contribution in [3.05, 3.63) is 28.5 Å². The standard InChI is InChI=1S/C11H10ClN3O3S/c1-6(10(13)17)18-8(16)3-2-7-9(12)14-11-15(7)4-5-19-11/h2-6H,1H3,(H2,13,17)/b3-2+/t6-/m1/s1. The monoisotopic (exact) mass is 299 g/mol. The van der Waals surface area contributed by atoms with E-state index >= 15 is 0 Å². The Kier molecular flexibility index (Phi) is 3.87. The topological polar surface area (TPSA) is 86.7 Å². The lowest BCUT2D eigenvalue weighted by molar-refractivity contribution is -0.148. The molecule has 2 heterocycles. The van der Waals surface area contributed by atoms with Gasteiger partial charge in [0.2, 0.25) is 0 Å². The van der Waals surface area contributed by atoms with Gasteiger partial charge >= 0.3 is 5.97 Å². The molecule has 0 unspecified atom stereocenters. The molecule has 0 aromatic carbocycles.